The van der Waals surface area contributed by atoms with Crippen LogP contribution < -0.4 is 0 Å². The van der Waals surface area contributed by atoms with Crippen molar-refractivity contribution in [2.75, 3.05) is 0 Å². The fraction of sp³-hybridized carbons (Fsp3) is 0.462. The molecule has 0 aliphatic heterocycles. The molecule has 1 saturated carbocycles. The molecule has 170 valence electrons. The zero-order valence-corrected chi connectivity index (χ0v) is 20.4. The van der Waals surface area contributed by atoms with Crippen LogP contribution in [-0.4, -0.2) is 26.2 Å². The van der Waals surface area contributed by atoms with Crippen LogP contribution in [0, 0.1) is 26.7 Å². The Morgan fingerprint density at radius 3 is 2.38 bits per heavy atom. The summed E-state index contributed by atoms with van der Waals surface area (Å²) in [7, 11) is 0. The van der Waals surface area contributed by atoms with E-state index in [2.05, 4.69) is 18.4 Å². The average molecular weight is 455 g/mol. The Labute approximate surface area is 194 Å². The number of nitrogens with zero attached hydrogens (tertiary/aromatic N) is 2. The van der Waals surface area contributed by atoms with Gasteiger partial charge in [-0.3, -0.25) is 0 Å². The van der Waals surface area contributed by atoms with Gasteiger partial charge in [-0.2, -0.15) is 0 Å². The minimum Gasteiger partial charge on any atom is -0.479 e. The molecule has 0 radical (unpaired) electrons. The second-order valence-corrected chi connectivity index (χ2v) is 10.3. The van der Waals surface area contributed by atoms with Crippen LogP contribution in [0.2, 0.25) is 5.02 Å². The number of carbonyl (C=O) groups is 1. The lowest BCUT2D eigenvalue weighted by Crippen LogP contribution is -2.28. The number of ether oxygens (including phenoxy) is 1. The van der Waals surface area contributed by atoms with Gasteiger partial charge in [-0.05, 0) is 83.6 Å². The molecule has 4 rings (SSSR count). The smallest absolute Gasteiger partial charge is 0.337 e. The maximum Gasteiger partial charge on any atom is 0.337 e. The van der Waals surface area contributed by atoms with E-state index in [1.165, 1.54) is 18.5 Å². The third kappa shape index (κ3) is 4.28. The third-order valence-electron chi connectivity index (χ3n) is 6.21. The Morgan fingerprint density at radius 1 is 1.22 bits per heavy atom. The lowest BCUT2D eigenvalue weighted by molar-refractivity contribution is -0.160. The molecule has 0 spiro atoms. The summed E-state index contributed by atoms with van der Waals surface area (Å²) in [5, 5.41) is 11.8. The molecule has 6 heteroatoms. The standard InChI is InChI=1S/C26H31ClN2O3/c1-14-16(3)29(13-17-7-8-17)24-20(14)22(18-9-11-19(27)12-10-18)21(15(2)28-24)23(25(30)31)32-26(4,5)6/h9-12,17,23H,7-8,13H2,1-6H3,(H,30,31). The molecule has 1 atom stereocenters. The monoisotopic (exact) mass is 454 g/mol. The van der Waals surface area contributed by atoms with Gasteiger partial charge in [-0.25, -0.2) is 9.78 Å². The number of hydrogen-bond donors (Lipinski definition) is 1. The van der Waals surface area contributed by atoms with E-state index in [9.17, 15) is 9.90 Å². The average Bonchev–Trinajstić information content (AvgIpc) is 3.49. The number of benzene rings is 1. The predicted octanol–water partition coefficient (Wildman–Crippen LogP) is 6.63. The van der Waals surface area contributed by atoms with E-state index in [-0.39, 0.29) is 0 Å². The fourth-order valence-corrected chi connectivity index (χ4v) is 4.53. The van der Waals surface area contributed by atoms with Crippen molar-refractivity contribution in [3.63, 3.8) is 0 Å². The highest BCUT2D eigenvalue weighted by atomic mass is 35.5. The van der Waals surface area contributed by atoms with Crippen molar-refractivity contribution in [1.29, 1.82) is 0 Å². The molecule has 2 aromatic heterocycles. The first kappa shape index (κ1) is 22.8. The number of hydrogen-bond acceptors (Lipinski definition) is 3. The predicted molar refractivity (Wildman–Crippen MR) is 128 cm³/mol. The maximum atomic E-state index is 12.4. The van der Waals surface area contributed by atoms with Crippen LogP contribution in [0.3, 0.4) is 0 Å². The van der Waals surface area contributed by atoms with E-state index in [0.29, 0.717) is 22.2 Å². The molecule has 0 amide bonds. The Bertz CT molecular complexity index is 1180. The molecule has 1 aliphatic rings. The van der Waals surface area contributed by atoms with Gasteiger partial charge in [0.15, 0.2) is 6.10 Å². The summed E-state index contributed by atoms with van der Waals surface area (Å²) in [4.78, 5) is 17.4. The molecule has 1 N–H and O–H groups in total. The van der Waals surface area contributed by atoms with Gasteiger partial charge in [-0.1, -0.05) is 23.7 Å². The first-order valence-corrected chi connectivity index (χ1v) is 11.5. The highest BCUT2D eigenvalue weighted by Gasteiger charge is 2.34. The highest BCUT2D eigenvalue weighted by molar-refractivity contribution is 6.30. The van der Waals surface area contributed by atoms with Gasteiger partial charge in [0.1, 0.15) is 5.65 Å². The molecule has 3 aromatic rings. The highest BCUT2D eigenvalue weighted by Crippen LogP contribution is 2.43. The van der Waals surface area contributed by atoms with E-state index < -0.39 is 17.7 Å². The van der Waals surface area contributed by atoms with E-state index in [1.807, 2.05) is 52.0 Å². The number of aryl methyl sites for hydroxylation is 2. The summed E-state index contributed by atoms with van der Waals surface area (Å²) in [5.41, 5.74) is 5.64. The third-order valence-corrected chi connectivity index (χ3v) is 6.47. The van der Waals surface area contributed by atoms with Gasteiger partial charge in [0.25, 0.3) is 0 Å². The Balaban J connectivity index is 2.08. The topological polar surface area (TPSA) is 64.4 Å². The van der Waals surface area contributed by atoms with E-state index >= 15 is 0 Å². The van der Waals surface area contributed by atoms with Gasteiger partial charge in [0.05, 0.1) is 5.60 Å². The molecular formula is C26H31ClN2O3. The summed E-state index contributed by atoms with van der Waals surface area (Å²) in [5.74, 6) is -0.327. The second-order valence-electron chi connectivity index (χ2n) is 9.90. The Kier molecular flexibility index (Phi) is 5.84. The fourth-order valence-electron chi connectivity index (χ4n) is 4.40. The summed E-state index contributed by atoms with van der Waals surface area (Å²) in [6.07, 6.45) is 1.36. The Hall–Kier alpha value is -2.37. The van der Waals surface area contributed by atoms with Crippen LogP contribution in [-0.2, 0) is 16.1 Å². The van der Waals surface area contributed by atoms with E-state index in [0.717, 1.165) is 34.3 Å². The first-order valence-electron chi connectivity index (χ1n) is 11.1. The summed E-state index contributed by atoms with van der Waals surface area (Å²) >= 11 is 6.18. The van der Waals surface area contributed by atoms with Crippen LogP contribution in [0.5, 0.6) is 0 Å². The molecule has 5 nitrogen and oxygen atoms in total. The molecule has 2 heterocycles. The number of fused-ring (bicyclic) bond motifs is 1. The van der Waals surface area contributed by atoms with Crippen LogP contribution in [0.1, 0.15) is 62.2 Å². The van der Waals surface area contributed by atoms with Crippen molar-refractivity contribution >= 4 is 28.6 Å². The number of carboxylic acid groups (broad SMARTS) is 1. The maximum absolute atomic E-state index is 12.4. The molecule has 1 fully saturated rings. The first-order chi connectivity index (χ1) is 15.0. The SMILES string of the molecule is Cc1nc2c(c(C)c(C)n2CC2CC2)c(-c2ccc(Cl)cc2)c1C(OC(C)(C)C)C(=O)O. The lowest BCUT2D eigenvalue weighted by Gasteiger charge is -2.28. The lowest BCUT2D eigenvalue weighted by atomic mass is 9.91. The van der Waals surface area contributed by atoms with Crippen molar-refractivity contribution in [2.24, 2.45) is 5.92 Å². The largest absolute Gasteiger partial charge is 0.479 e. The number of aliphatic carboxylic acids is 1. The molecule has 0 bridgehead atoms. The normalized spacial score (nSPS) is 15.3. The second kappa shape index (κ2) is 8.20. The van der Waals surface area contributed by atoms with Gasteiger partial charge in [0.2, 0.25) is 0 Å². The molecule has 1 unspecified atom stereocenters. The summed E-state index contributed by atoms with van der Waals surface area (Å²) in [6, 6.07) is 7.57. The number of carboxylic acids is 1. The summed E-state index contributed by atoms with van der Waals surface area (Å²) < 4.78 is 8.38. The minimum atomic E-state index is -1.14. The van der Waals surface area contributed by atoms with Crippen molar-refractivity contribution < 1.29 is 14.6 Å². The van der Waals surface area contributed by atoms with Crippen LogP contribution >= 0.6 is 11.6 Å². The molecule has 1 aliphatic carbocycles. The number of rotatable bonds is 6. The van der Waals surface area contributed by atoms with Crippen LogP contribution in [0.25, 0.3) is 22.2 Å². The van der Waals surface area contributed by atoms with Gasteiger partial charge in [0, 0.05) is 39.5 Å². The van der Waals surface area contributed by atoms with Crippen molar-refractivity contribution in [2.45, 2.75) is 72.6 Å². The van der Waals surface area contributed by atoms with E-state index in [1.54, 1.807) is 0 Å². The van der Waals surface area contributed by atoms with Crippen molar-refractivity contribution in [3.8, 4) is 11.1 Å². The quantitative estimate of drug-likeness (QED) is 0.453. The number of pyridine rings is 1. The van der Waals surface area contributed by atoms with Crippen LogP contribution in [0.4, 0.5) is 0 Å². The van der Waals surface area contributed by atoms with Gasteiger partial charge < -0.3 is 14.4 Å². The Morgan fingerprint density at radius 2 is 1.84 bits per heavy atom. The minimum absolute atomic E-state index is 0.605. The van der Waals surface area contributed by atoms with Gasteiger partial charge >= 0.3 is 5.97 Å². The molecule has 1 aromatic carbocycles. The van der Waals surface area contributed by atoms with Crippen LogP contribution in [0.15, 0.2) is 24.3 Å². The zero-order valence-electron chi connectivity index (χ0n) is 19.6. The molecule has 32 heavy (non-hydrogen) atoms. The van der Waals surface area contributed by atoms with Crippen molar-refractivity contribution in [1.82, 2.24) is 9.55 Å². The van der Waals surface area contributed by atoms with Gasteiger partial charge in [-0.15, -0.1) is 0 Å². The van der Waals surface area contributed by atoms with Crippen molar-refractivity contribution in [3.05, 3.63) is 51.8 Å². The number of halogens is 1. The summed E-state index contributed by atoms with van der Waals surface area (Å²) in [6.45, 7) is 12.7. The molecular weight excluding hydrogens is 424 g/mol. The zero-order chi connectivity index (χ0) is 23.4. The van der Waals surface area contributed by atoms with E-state index in [4.69, 9.17) is 21.3 Å². The number of aromatic nitrogens is 2. The molecule has 0 saturated heterocycles.